The highest BCUT2D eigenvalue weighted by Gasteiger charge is 2.30. The lowest BCUT2D eigenvalue weighted by Gasteiger charge is -2.20. The quantitative estimate of drug-likeness (QED) is 0.268. The molecule has 0 saturated heterocycles. The fourth-order valence-electron chi connectivity index (χ4n) is 3.86. The molecule has 9 heteroatoms. The molecular weight excluding hydrogens is 470 g/mol. The smallest absolute Gasteiger partial charge is 0.230 e. The van der Waals surface area contributed by atoms with Crippen molar-refractivity contribution in [2.24, 2.45) is 0 Å². The number of benzene rings is 1. The molecule has 6 nitrogen and oxygen atoms in total. The van der Waals surface area contributed by atoms with Crippen molar-refractivity contribution in [2.75, 3.05) is 4.90 Å². The molecule has 5 rings (SSSR count). The van der Waals surface area contributed by atoms with Gasteiger partial charge in [-0.1, -0.05) is 35.5 Å². The number of carbonyl (C=O) groups is 1. The first-order valence-electron chi connectivity index (χ1n) is 10.9. The number of thiophene rings is 1. The number of carbonyl (C=O) groups excluding carboxylic acids is 1. The molecule has 0 spiro atoms. The van der Waals surface area contributed by atoms with Gasteiger partial charge in [0.05, 0.1) is 11.4 Å². The Balaban J connectivity index is 1.33. The van der Waals surface area contributed by atoms with Crippen molar-refractivity contribution in [3.8, 4) is 0 Å². The Kier molecular flexibility index (Phi) is 6.36. The number of aryl methyl sites for hydroxylation is 2. The third-order valence-electron chi connectivity index (χ3n) is 5.55. The second-order valence-corrected chi connectivity index (χ2v) is 11.1. The fraction of sp³-hybridized carbons (Fsp3) is 0.333. The van der Waals surface area contributed by atoms with E-state index in [1.807, 2.05) is 24.4 Å². The molecule has 0 bridgehead atoms. The molecule has 3 aromatic heterocycles. The zero-order valence-corrected chi connectivity index (χ0v) is 21.3. The van der Waals surface area contributed by atoms with Gasteiger partial charge < -0.3 is 4.57 Å². The lowest BCUT2D eigenvalue weighted by molar-refractivity contribution is -0.115. The molecule has 1 saturated carbocycles. The number of hydrogen-bond donors (Lipinski definition) is 0. The van der Waals surface area contributed by atoms with Gasteiger partial charge in [-0.05, 0) is 49.8 Å². The number of amides is 1. The van der Waals surface area contributed by atoms with Gasteiger partial charge in [-0.3, -0.25) is 9.69 Å². The van der Waals surface area contributed by atoms with Crippen LogP contribution in [0.2, 0.25) is 0 Å². The molecule has 1 amide bonds. The molecule has 0 aliphatic heterocycles. The van der Waals surface area contributed by atoms with Crippen molar-refractivity contribution in [2.45, 2.75) is 57.0 Å². The summed E-state index contributed by atoms with van der Waals surface area (Å²) >= 11 is 4.93. The van der Waals surface area contributed by atoms with Crippen LogP contribution >= 0.6 is 34.4 Å². The highest BCUT2D eigenvalue weighted by atomic mass is 32.2. The molecular formula is C24H25N5OS3. The van der Waals surface area contributed by atoms with E-state index in [2.05, 4.69) is 45.3 Å². The van der Waals surface area contributed by atoms with Crippen LogP contribution < -0.4 is 4.90 Å². The zero-order valence-electron chi connectivity index (χ0n) is 18.8. The highest BCUT2D eigenvalue weighted by molar-refractivity contribution is 7.98. The Morgan fingerprint density at radius 1 is 1.21 bits per heavy atom. The normalized spacial score (nSPS) is 13.4. The van der Waals surface area contributed by atoms with Gasteiger partial charge in [0, 0.05) is 35.4 Å². The summed E-state index contributed by atoms with van der Waals surface area (Å²) in [6.45, 7) is 5.67. The van der Waals surface area contributed by atoms with Crippen LogP contribution in [0.25, 0.3) is 0 Å². The van der Waals surface area contributed by atoms with Crippen LogP contribution in [0.15, 0.2) is 46.2 Å². The van der Waals surface area contributed by atoms with Crippen LogP contribution in [0.1, 0.15) is 53.3 Å². The number of hydrogen-bond acceptors (Lipinski definition) is 7. The van der Waals surface area contributed by atoms with Crippen LogP contribution in [0, 0.1) is 13.8 Å². The minimum atomic E-state index is -0.0396. The maximum absolute atomic E-state index is 12.5. The Morgan fingerprint density at radius 3 is 2.76 bits per heavy atom. The minimum Gasteiger partial charge on any atom is -0.303 e. The van der Waals surface area contributed by atoms with E-state index >= 15 is 0 Å². The van der Waals surface area contributed by atoms with Crippen molar-refractivity contribution < 1.29 is 4.79 Å². The van der Waals surface area contributed by atoms with E-state index in [0.29, 0.717) is 16.9 Å². The van der Waals surface area contributed by atoms with Gasteiger partial charge in [-0.25, -0.2) is 4.98 Å². The monoisotopic (exact) mass is 495 g/mol. The lowest BCUT2D eigenvalue weighted by atomic mass is 10.1. The zero-order chi connectivity index (χ0) is 22.9. The van der Waals surface area contributed by atoms with Crippen LogP contribution in [0.4, 0.5) is 10.8 Å². The van der Waals surface area contributed by atoms with E-state index in [0.717, 1.165) is 34.3 Å². The number of thiazole rings is 1. The predicted molar refractivity (Wildman–Crippen MR) is 136 cm³/mol. The fourth-order valence-corrected chi connectivity index (χ4v) is 6.47. The molecule has 0 atom stereocenters. The van der Waals surface area contributed by atoms with Gasteiger partial charge in [0.25, 0.3) is 0 Å². The average Bonchev–Trinajstić information content (AvgIpc) is 3.15. The first-order valence-corrected chi connectivity index (χ1v) is 13.7. The average molecular weight is 496 g/mol. The van der Waals surface area contributed by atoms with Crippen LogP contribution in [0.3, 0.4) is 0 Å². The summed E-state index contributed by atoms with van der Waals surface area (Å²) in [4.78, 5) is 20.3. The summed E-state index contributed by atoms with van der Waals surface area (Å²) in [5.41, 5.74) is 4.07. The molecule has 4 aromatic rings. The number of thioether (sulfide) groups is 1. The summed E-state index contributed by atoms with van der Waals surface area (Å²) in [7, 11) is 0. The van der Waals surface area contributed by atoms with Crippen LogP contribution in [-0.2, 0) is 17.0 Å². The molecule has 1 aromatic carbocycles. The maximum atomic E-state index is 12.5. The predicted octanol–water partition coefficient (Wildman–Crippen LogP) is 6.32. The minimum absolute atomic E-state index is 0.0396. The van der Waals surface area contributed by atoms with Gasteiger partial charge in [-0.2, -0.15) is 0 Å². The van der Waals surface area contributed by atoms with E-state index in [4.69, 9.17) is 4.98 Å². The summed E-state index contributed by atoms with van der Waals surface area (Å²) in [6, 6.07) is 10.9. The molecule has 0 unspecified atom stereocenters. The molecule has 3 heterocycles. The first kappa shape index (κ1) is 22.3. The molecule has 0 radical (unpaired) electrons. The van der Waals surface area contributed by atoms with Gasteiger partial charge in [0.15, 0.2) is 10.3 Å². The number of anilines is 2. The largest absolute Gasteiger partial charge is 0.303 e. The number of nitrogens with zero attached hydrogens (tertiary/aromatic N) is 5. The molecule has 0 N–H and O–H groups in total. The summed E-state index contributed by atoms with van der Waals surface area (Å²) in [5.74, 6) is 1.69. The third-order valence-corrected chi connectivity index (χ3v) is 8.28. The van der Waals surface area contributed by atoms with Gasteiger partial charge >= 0.3 is 0 Å². The summed E-state index contributed by atoms with van der Waals surface area (Å²) in [6.07, 6.45) is 3.20. The van der Waals surface area contributed by atoms with Crippen molar-refractivity contribution in [1.82, 2.24) is 19.7 Å². The first-order chi connectivity index (χ1) is 16.0. The molecule has 1 aliphatic carbocycles. The Bertz CT molecular complexity index is 1270. The molecule has 170 valence electrons. The standard InChI is InChI=1S/C24H25N5OS3/c1-15-6-9-21(16(2)11-15)28(17(3)30)23-25-18(13-32-23)14-33-24-27-26-22(29(24)19-7-8-19)12-20-5-4-10-31-20/h4-6,9-11,13,19H,7-8,12,14H2,1-3H3. The van der Waals surface area contributed by atoms with Gasteiger partial charge in [0.1, 0.15) is 5.82 Å². The third kappa shape index (κ3) is 4.90. The number of aromatic nitrogens is 4. The summed E-state index contributed by atoms with van der Waals surface area (Å²) in [5, 5.41) is 14.8. The van der Waals surface area contributed by atoms with E-state index in [1.54, 1.807) is 34.9 Å². The second-order valence-electron chi connectivity index (χ2n) is 8.31. The van der Waals surface area contributed by atoms with Crippen molar-refractivity contribution >= 4 is 51.2 Å². The molecule has 1 aliphatic rings. The van der Waals surface area contributed by atoms with E-state index in [-0.39, 0.29) is 5.91 Å². The van der Waals surface area contributed by atoms with Crippen molar-refractivity contribution in [3.05, 3.63) is 68.6 Å². The SMILES string of the molecule is CC(=O)N(c1nc(CSc2nnc(Cc3cccs3)n2C2CC2)cs1)c1ccc(C)cc1C. The molecule has 33 heavy (non-hydrogen) atoms. The van der Waals surface area contributed by atoms with Crippen molar-refractivity contribution in [3.63, 3.8) is 0 Å². The Hall–Kier alpha value is -2.49. The van der Waals surface area contributed by atoms with Crippen molar-refractivity contribution in [1.29, 1.82) is 0 Å². The molecule has 1 fully saturated rings. The topological polar surface area (TPSA) is 63.9 Å². The maximum Gasteiger partial charge on any atom is 0.230 e. The summed E-state index contributed by atoms with van der Waals surface area (Å²) < 4.78 is 2.31. The second kappa shape index (κ2) is 9.40. The van der Waals surface area contributed by atoms with E-state index < -0.39 is 0 Å². The van der Waals surface area contributed by atoms with E-state index in [9.17, 15) is 4.79 Å². The Morgan fingerprint density at radius 2 is 2.06 bits per heavy atom. The Labute approximate surface area is 205 Å². The highest BCUT2D eigenvalue weighted by Crippen LogP contribution is 2.40. The van der Waals surface area contributed by atoms with Gasteiger partial charge in [0.2, 0.25) is 5.91 Å². The number of rotatable bonds is 8. The van der Waals surface area contributed by atoms with E-state index in [1.165, 1.54) is 34.6 Å². The van der Waals surface area contributed by atoms with Crippen LogP contribution in [0.5, 0.6) is 0 Å². The van der Waals surface area contributed by atoms with Gasteiger partial charge in [-0.15, -0.1) is 32.9 Å². The lowest BCUT2D eigenvalue weighted by Crippen LogP contribution is -2.23. The van der Waals surface area contributed by atoms with Crippen LogP contribution in [-0.4, -0.2) is 25.7 Å².